The zero-order valence-electron chi connectivity index (χ0n) is 9.59. The SMILES string of the molecule is O=C(O)CSc1nnc(C2CCCCCC2)o1. The average Bonchev–Trinajstić information content (AvgIpc) is 2.60. The number of hydrogen-bond acceptors (Lipinski definition) is 5. The van der Waals surface area contributed by atoms with E-state index in [1.807, 2.05) is 0 Å². The van der Waals surface area contributed by atoms with E-state index >= 15 is 0 Å². The van der Waals surface area contributed by atoms with E-state index in [2.05, 4.69) is 10.2 Å². The lowest BCUT2D eigenvalue weighted by Crippen LogP contribution is -1.97. The van der Waals surface area contributed by atoms with Crippen LogP contribution in [0.5, 0.6) is 0 Å². The fraction of sp³-hybridized carbons (Fsp3) is 0.727. The maximum absolute atomic E-state index is 10.4. The summed E-state index contributed by atoms with van der Waals surface area (Å²) in [4.78, 5) is 10.4. The number of hydrogen-bond donors (Lipinski definition) is 1. The maximum atomic E-state index is 10.4. The van der Waals surface area contributed by atoms with Gasteiger partial charge in [0.1, 0.15) is 5.75 Å². The summed E-state index contributed by atoms with van der Waals surface area (Å²) >= 11 is 1.08. The Hall–Kier alpha value is -1.04. The Kier molecular flexibility index (Phi) is 4.42. The molecule has 1 fully saturated rings. The maximum Gasteiger partial charge on any atom is 0.314 e. The van der Waals surface area contributed by atoms with Crippen molar-refractivity contribution < 1.29 is 14.3 Å². The van der Waals surface area contributed by atoms with Gasteiger partial charge in [0.15, 0.2) is 0 Å². The van der Waals surface area contributed by atoms with Crippen molar-refractivity contribution >= 4 is 17.7 Å². The highest BCUT2D eigenvalue weighted by atomic mass is 32.2. The fourth-order valence-corrected chi connectivity index (χ4v) is 2.58. The Morgan fingerprint density at radius 3 is 2.65 bits per heavy atom. The second-order valence-electron chi connectivity index (χ2n) is 4.28. The molecule has 94 valence electrons. The molecule has 1 saturated carbocycles. The lowest BCUT2D eigenvalue weighted by Gasteiger charge is -2.07. The minimum Gasteiger partial charge on any atom is -0.481 e. The van der Waals surface area contributed by atoms with Crippen LogP contribution in [0.25, 0.3) is 0 Å². The molecule has 0 aromatic carbocycles. The number of carboxylic acids is 1. The predicted molar refractivity (Wildman–Crippen MR) is 63.1 cm³/mol. The van der Waals surface area contributed by atoms with Crippen LogP contribution in [0.4, 0.5) is 0 Å². The standard InChI is InChI=1S/C11H16N2O3S/c14-9(15)7-17-11-13-12-10(16-11)8-5-3-1-2-4-6-8/h8H,1-7H2,(H,14,15). The minimum atomic E-state index is -0.871. The highest BCUT2D eigenvalue weighted by Gasteiger charge is 2.20. The largest absolute Gasteiger partial charge is 0.481 e. The highest BCUT2D eigenvalue weighted by molar-refractivity contribution is 7.99. The molecule has 1 aromatic rings. The van der Waals surface area contributed by atoms with E-state index in [4.69, 9.17) is 9.52 Å². The van der Waals surface area contributed by atoms with Crippen molar-refractivity contribution in [2.45, 2.75) is 49.7 Å². The molecule has 1 aliphatic carbocycles. The molecular weight excluding hydrogens is 240 g/mol. The molecule has 1 heterocycles. The number of nitrogens with zero attached hydrogens (tertiary/aromatic N) is 2. The molecule has 0 radical (unpaired) electrons. The van der Waals surface area contributed by atoms with E-state index in [-0.39, 0.29) is 5.75 Å². The molecule has 0 aliphatic heterocycles. The van der Waals surface area contributed by atoms with E-state index in [1.54, 1.807) is 0 Å². The first-order valence-corrected chi connectivity index (χ1v) is 6.92. The van der Waals surface area contributed by atoms with Crippen LogP contribution in [0, 0.1) is 0 Å². The van der Waals surface area contributed by atoms with Gasteiger partial charge in [0.25, 0.3) is 5.22 Å². The Bertz CT molecular complexity index is 373. The topological polar surface area (TPSA) is 76.2 Å². The Morgan fingerprint density at radius 1 is 1.29 bits per heavy atom. The molecular formula is C11H16N2O3S. The van der Waals surface area contributed by atoms with Crippen molar-refractivity contribution in [1.29, 1.82) is 0 Å². The first-order valence-electron chi connectivity index (χ1n) is 5.93. The van der Waals surface area contributed by atoms with Gasteiger partial charge >= 0.3 is 5.97 Å². The van der Waals surface area contributed by atoms with Crippen LogP contribution in [0.15, 0.2) is 9.64 Å². The summed E-state index contributed by atoms with van der Waals surface area (Å²) in [5.41, 5.74) is 0. The zero-order chi connectivity index (χ0) is 12.1. The van der Waals surface area contributed by atoms with E-state index < -0.39 is 5.97 Å². The van der Waals surface area contributed by atoms with Crippen molar-refractivity contribution in [1.82, 2.24) is 10.2 Å². The van der Waals surface area contributed by atoms with E-state index in [0.717, 1.165) is 24.6 Å². The molecule has 0 atom stereocenters. The highest BCUT2D eigenvalue weighted by Crippen LogP contribution is 2.31. The smallest absolute Gasteiger partial charge is 0.314 e. The number of aliphatic carboxylic acids is 1. The van der Waals surface area contributed by atoms with Crippen LogP contribution in [0.1, 0.15) is 50.3 Å². The van der Waals surface area contributed by atoms with Crippen LogP contribution in [-0.2, 0) is 4.79 Å². The second kappa shape index (κ2) is 6.05. The summed E-state index contributed by atoms with van der Waals surface area (Å²) in [5.74, 6) is 0.139. The van der Waals surface area contributed by atoms with Gasteiger partial charge in [-0.15, -0.1) is 10.2 Å². The Morgan fingerprint density at radius 2 is 2.00 bits per heavy atom. The van der Waals surface area contributed by atoms with Crippen molar-refractivity contribution in [3.8, 4) is 0 Å². The zero-order valence-corrected chi connectivity index (χ0v) is 10.4. The molecule has 0 unspecified atom stereocenters. The number of carboxylic acid groups (broad SMARTS) is 1. The minimum absolute atomic E-state index is 0.0354. The van der Waals surface area contributed by atoms with Gasteiger partial charge in [0.2, 0.25) is 5.89 Å². The third-order valence-corrected chi connectivity index (χ3v) is 3.75. The lowest BCUT2D eigenvalue weighted by molar-refractivity contribution is -0.133. The van der Waals surface area contributed by atoms with E-state index in [9.17, 15) is 4.79 Å². The van der Waals surface area contributed by atoms with Crippen LogP contribution in [-0.4, -0.2) is 27.0 Å². The number of rotatable bonds is 4. The quantitative estimate of drug-likeness (QED) is 0.659. The number of carbonyl (C=O) groups is 1. The van der Waals surface area contributed by atoms with Crippen molar-refractivity contribution in [2.24, 2.45) is 0 Å². The Balaban J connectivity index is 1.94. The molecule has 2 rings (SSSR count). The molecule has 1 N–H and O–H groups in total. The van der Waals surface area contributed by atoms with E-state index in [1.165, 1.54) is 25.7 Å². The van der Waals surface area contributed by atoms with Gasteiger partial charge in [-0.2, -0.15) is 0 Å². The first-order chi connectivity index (χ1) is 8.25. The lowest BCUT2D eigenvalue weighted by atomic mass is 10.0. The van der Waals surface area contributed by atoms with Crippen LogP contribution in [0.2, 0.25) is 0 Å². The van der Waals surface area contributed by atoms with Crippen molar-refractivity contribution in [3.63, 3.8) is 0 Å². The number of thioether (sulfide) groups is 1. The van der Waals surface area contributed by atoms with Gasteiger partial charge in [0.05, 0.1) is 0 Å². The molecule has 0 spiro atoms. The molecule has 17 heavy (non-hydrogen) atoms. The molecule has 1 aromatic heterocycles. The first kappa shape index (κ1) is 12.4. The van der Waals surface area contributed by atoms with Crippen LogP contribution >= 0.6 is 11.8 Å². The van der Waals surface area contributed by atoms with Crippen LogP contribution < -0.4 is 0 Å². The van der Waals surface area contributed by atoms with Crippen molar-refractivity contribution in [3.05, 3.63) is 5.89 Å². The van der Waals surface area contributed by atoms with Gasteiger partial charge in [0, 0.05) is 5.92 Å². The average molecular weight is 256 g/mol. The van der Waals surface area contributed by atoms with Crippen molar-refractivity contribution in [2.75, 3.05) is 5.75 Å². The Labute approximate surface area is 104 Å². The molecule has 0 bridgehead atoms. The molecule has 0 amide bonds. The molecule has 1 aliphatic rings. The van der Waals surface area contributed by atoms with Gasteiger partial charge in [-0.25, -0.2) is 0 Å². The third-order valence-electron chi connectivity index (χ3n) is 2.95. The summed E-state index contributed by atoms with van der Waals surface area (Å²) in [6.07, 6.45) is 7.20. The van der Waals surface area contributed by atoms with Gasteiger partial charge in [-0.05, 0) is 12.8 Å². The normalized spacial score (nSPS) is 17.9. The molecule has 6 heteroatoms. The molecule has 5 nitrogen and oxygen atoms in total. The fourth-order valence-electron chi connectivity index (χ4n) is 2.09. The van der Waals surface area contributed by atoms with Crippen LogP contribution in [0.3, 0.4) is 0 Å². The van der Waals surface area contributed by atoms with Gasteiger partial charge in [-0.1, -0.05) is 37.4 Å². The third kappa shape index (κ3) is 3.73. The summed E-state index contributed by atoms with van der Waals surface area (Å²) in [5, 5.41) is 16.8. The summed E-state index contributed by atoms with van der Waals surface area (Å²) in [7, 11) is 0. The summed E-state index contributed by atoms with van der Waals surface area (Å²) in [6.45, 7) is 0. The van der Waals surface area contributed by atoms with Gasteiger partial charge < -0.3 is 9.52 Å². The summed E-state index contributed by atoms with van der Waals surface area (Å²) in [6, 6.07) is 0. The summed E-state index contributed by atoms with van der Waals surface area (Å²) < 4.78 is 5.51. The van der Waals surface area contributed by atoms with Gasteiger partial charge in [-0.3, -0.25) is 4.79 Å². The predicted octanol–water partition coefficient (Wildman–Crippen LogP) is 2.68. The monoisotopic (exact) mass is 256 g/mol. The van der Waals surface area contributed by atoms with E-state index in [0.29, 0.717) is 17.0 Å². The second-order valence-corrected chi connectivity index (χ2v) is 5.20. The molecule has 0 saturated heterocycles. The number of aromatic nitrogens is 2.